The number of carbonyl (C=O) groups is 2. The SMILES string of the molecule is COc1ccc(F)cc1/C(O)=C1\C(=O)C(=O)N(Cc2ccco2)C1c1cn(C)c2ccccc12. The number of likely N-dealkylation sites (tertiary alicyclic amines) is 1. The Morgan fingerprint density at radius 1 is 1.15 bits per heavy atom. The number of aryl methyl sites for hydroxylation is 1. The van der Waals surface area contributed by atoms with E-state index in [1.165, 1.54) is 30.4 Å². The van der Waals surface area contributed by atoms with Crippen LogP contribution in [0.2, 0.25) is 0 Å². The molecule has 5 rings (SSSR count). The van der Waals surface area contributed by atoms with Gasteiger partial charge in [-0.1, -0.05) is 18.2 Å². The van der Waals surface area contributed by atoms with Crippen molar-refractivity contribution in [1.82, 2.24) is 9.47 Å². The molecular formula is C26H21FN2O5. The summed E-state index contributed by atoms with van der Waals surface area (Å²) < 4.78 is 26.7. The Kier molecular flexibility index (Phi) is 5.20. The van der Waals surface area contributed by atoms with Crippen LogP contribution in [0.4, 0.5) is 4.39 Å². The zero-order valence-electron chi connectivity index (χ0n) is 18.5. The number of aromatic nitrogens is 1. The van der Waals surface area contributed by atoms with Gasteiger partial charge in [-0.25, -0.2) is 4.39 Å². The fourth-order valence-corrected chi connectivity index (χ4v) is 4.54. The van der Waals surface area contributed by atoms with Crippen molar-refractivity contribution in [1.29, 1.82) is 0 Å². The average molecular weight is 460 g/mol. The number of amides is 1. The van der Waals surface area contributed by atoms with E-state index in [4.69, 9.17) is 9.15 Å². The van der Waals surface area contributed by atoms with Gasteiger partial charge in [-0.3, -0.25) is 9.59 Å². The lowest BCUT2D eigenvalue weighted by Gasteiger charge is -2.24. The lowest BCUT2D eigenvalue weighted by molar-refractivity contribution is -0.140. The third-order valence-corrected chi connectivity index (χ3v) is 6.09. The number of Topliss-reactive ketones (excluding diaryl/α,β-unsaturated/α-hetero) is 1. The van der Waals surface area contributed by atoms with E-state index in [0.717, 1.165) is 17.0 Å². The molecule has 3 heterocycles. The third kappa shape index (κ3) is 3.35. The summed E-state index contributed by atoms with van der Waals surface area (Å²) in [6, 6.07) is 13.7. The summed E-state index contributed by atoms with van der Waals surface area (Å²) in [5.41, 5.74) is 1.39. The van der Waals surface area contributed by atoms with E-state index in [2.05, 4.69) is 0 Å². The van der Waals surface area contributed by atoms with Gasteiger partial charge < -0.3 is 23.7 Å². The van der Waals surface area contributed by atoms with Crippen molar-refractivity contribution in [3.63, 3.8) is 0 Å². The number of hydrogen-bond donors (Lipinski definition) is 1. The van der Waals surface area contributed by atoms with Gasteiger partial charge in [0.15, 0.2) is 0 Å². The zero-order valence-corrected chi connectivity index (χ0v) is 18.5. The van der Waals surface area contributed by atoms with Crippen molar-refractivity contribution >= 4 is 28.4 Å². The molecule has 4 aromatic rings. The minimum Gasteiger partial charge on any atom is -0.507 e. The molecule has 8 heteroatoms. The molecule has 34 heavy (non-hydrogen) atoms. The van der Waals surface area contributed by atoms with Gasteiger partial charge in [-0.2, -0.15) is 0 Å². The van der Waals surface area contributed by atoms with Gasteiger partial charge in [-0.15, -0.1) is 0 Å². The summed E-state index contributed by atoms with van der Waals surface area (Å²) in [6.45, 7) is 0.0164. The van der Waals surface area contributed by atoms with E-state index in [0.29, 0.717) is 11.3 Å². The molecule has 2 aromatic heterocycles. The highest BCUT2D eigenvalue weighted by Crippen LogP contribution is 2.44. The van der Waals surface area contributed by atoms with Gasteiger partial charge in [0.1, 0.15) is 23.1 Å². The minimum atomic E-state index is -0.927. The molecule has 2 aromatic carbocycles. The molecule has 0 radical (unpaired) electrons. The smallest absolute Gasteiger partial charge is 0.296 e. The van der Waals surface area contributed by atoms with E-state index < -0.39 is 29.3 Å². The fourth-order valence-electron chi connectivity index (χ4n) is 4.54. The summed E-state index contributed by atoms with van der Waals surface area (Å²) in [4.78, 5) is 27.9. The Morgan fingerprint density at radius 3 is 2.68 bits per heavy atom. The molecular weight excluding hydrogens is 439 g/mol. The molecule has 0 aliphatic carbocycles. The van der Waals surface area contributed by atoms with Gasteiger partial charge in [0.25, 0.3) is 11.7 Å². The number of aliphatic hydroxyl groups is 1. The zero-order chi connectivity index (χ0) is 24.0. The maximum Gasteiger partial charge on any atom is 0.296 e. The Bertz CT molecular complexity index is 1450. The van der Waals surface area contributed by atoms with Crippen LogP contribution >= 0.6 is 0 Å². The minimum absolute atomic E-state index is 0.0104. The van der Waals surface area contributed by atoms with Gasteiger partial charge in [0, 0.05) is 29.7 Å². The first kappa shape index (κ1) is 21.5. The van der Waals surface area contributed by atoms with Crippen molar-refractivity contribution in [3.05, 3.63) is 95.3 Å². The molecule has 1 atom stereocenters. The van der Waals surface area contributed by atoms with Crippen LogP contribution in [0, 0.1) is 5.82 Å². The van der Waals surface area contributed by atoms with Gasteiger partial charge in [0.05, 0.1) is 37.1 Å². The number of ketones is 1. The molecule has 0 saturated carbocycles. The van der Waals surface area contributed by atoms with E-state index in [9.17, 15) is 19.1 Å². The number of furan rings is 1. The van der Waals surface area contributed by atoms with Crippen molar-refractivity contribution in [2.75, 3.05) is 7.11 Å². The molecule has 172 valence electrons. The predicted molar refractivity (Wildman–Crippen MR) is 122 cm³/mol. The topological polar surface area (TPSA) is 84.9 Å². The second kappa shape index (κ2) is 8.22. The molecule has 1 fully saturated rings. The standard InChI is InChI=1S/C26H21FN2O5/c1-28-14-19(17-7-3-4-8-20(17)28)23-22(24(30)18-12-15(27)9-10-21(18)33-2)25(31)26(32)29(23)13-16-6-5-11-34-16/h3-12,14,23,30H,13H2,1-2H3/b24-22+. The van der Waals surface area contributed by atoms with Crippen LogP contribution in [0.1, 0.15) is 22.9 Å². The summed E-state index contributed by atoms with van der Waals surface area (Å²) in [5, 5.41) is 12.1. The molecule has 0 spiro atoms. The molecule has 1 unspecified atom stereocenters. The maximum absolute atomic E-state index is 14.1. The molecule has 7 nitrogen and oxygen atoms in total. The summed E-state index contributed by atoms with van der Waals surface area (Å²) >= 11 is 0. The highest BCUT2D eigenvalue weighted by atomic mass is 19.1. The van der Waals surface area contributed by atoms with Gasteiger partial charge in [0.2, 0.25) is 0 Å². The maximum atomic E-state index is 14.1. The number of halogens is 1. The Labute approximate surface area is 194 Å². The molecule has 1 amide bonds. The quantitative estimate of drug-likeness (QED) is 0.269. The normalized spacial score (nSPS) is 17.6. The number of carbonyl (C=O) groups excluding carboxylic acids is 2. The van der Waals surface area contributed by atoms with Crippen molar-refractivity contribution in [2.24, 2.45) is 7.05 Å². The second-order valence-electron chi connectivity index (χ2n) is 8.06. The lowest BCUT2D eigenvalue weighted by atomic mass is 9.94. The Hall–Kier alpha value is -4.33. The average Bonchev–Trinajstić information content (AvgIpc) is 3.53. The molecule has 1 saturated heterocycles. The third-order valence-electron chi connectivity index (χ3n) is 6.09. The van der Waals surface area contributed by atoms with E-state index in [-0.39, 0.29) is 23.4 Å². The summed E-state index contributed by atoms with van der Waals surface area (Å²) in [6.07, 6.45) is 3.31. The predicted octanol–water partition coefficient (Wildman–Crippen LogP) is 4.54. The number of methoxy groups -OCH3 is 1. The highest BCUT2D eigenvalue weighted by Gasteiger charge is 2.47. The molecule has 1 aliphatic heterocycles. The van der Waals surface area contributed by atoms with E-state index in [1.54, 1.807) is 12.1 Å². The van der Waals surface area contributed by atoms with Crippen molar-refractivity contribution < 1.29 is 28.2 Å². The number of nitrogens with zero attached hydrogens (tertiary/aromatic N) is 2. The monoisotopic (exact) mass is 460 g/mol. The fraction of sp³-hybridized carbons (Fsp3) is 0.154. The number of fused-ring (bicyclic) bond motifs is 1. The molecule has 0 bridgehead atoms. The molecule has 1 aliphatic rings. The van der Waals surface area contributed by atoms with Crippen LogP contribution in [0.15, 0.2) is 77.0 Å². The van der Waals surface area contributed by atoms with Crippen LogP contribution < -0.4 is 4.74 Å². The van der Waals surface area contributed by atoms with Crippen LogP contribution in [-0.4, -0.2) is 33.4 Å². The summed E-state index contributed by atoms with van der Waals surface area (Å²) in [7, 11) is 3.24. The summed E-state index contributed by atoms with van der Waals surface area (Å²) in [5.74, 6) is -2.12. The first-order chi connectivity index (χ1) is 16.4. The van der Waals surface area contributed by atoms with Crippen LogP contribution in [-0.2, 0) is 23.2 Å². The second-order valence-corrected chi connectivity index (χ2v) is 8.06. The van der Waals surface area contributed by atoms with Crippen LogP contribution in [0.25, 0.3) is 16.7 Å². The van der Waals surface area contributed by atoms with Crippen molar-refractivity contribution in [2.45, 2.75) is 12.6 Å². The number of rotatable bonds is 5. The highest BCUT2D eigenvalue weighted by molar-refractivity contribution is 6.46. The number of aliphatic hydroxyl groups excluding tert-OH is 1. The van der Waals surface area contributed by atoms with E-state index >= 15 is 0 Å². The number of benzene rings is 2. The van der Waals surface area contributed by atoms with Crippen LogP contribution in [0.3, 0.4) is 0 Å². The number of ether oxygens (including phenoxy) is 1. The lowest BCUT2D eigenvalue weighted by Crippen LogP contribution is -2.29. The molecule has 1 N–H and O–H groups in total. The van der Waals surface area contributed by atoms with Crippen molar-refractivity contribution in [3.8, 4) is 5.75 Å². The number of hydrogen-bond acceptors (Lipinski definition) is 5. The Balaban J connectivity index is 1.77. The van der Waals surface area contributed by atoms with Gasteiger partial charge >= 0.3 is 0 Å². The first-order valence-corrected chi connectivity index (χ1v) is 10.6. The Morgan fingerprint density at radius 2 is 1.94 bits per heavy atom. The number of para-hydroxylation sites is 1. The largest absolute Gasteiger partial charge is 0.507 e. The first-order valence-electron chi connectivity index (χ1n) is 10.6. The van der Waals surface area contributed by atoms with E-state index in [1.807, 2.05) is 42.1 Å². The van der Waals surface area contributed by atoms with Gasteiger partial charge in [-0.05, 0) is 36.4 Å². The van der Waals surface area contributed by atoms with Crippen LogP contribution in [0.5, 0.6) is 5.75 Å².